The number of thiophene rings is 1. The molecule has 2 aromatic heterocycles. The van der Waals surface area contributed by atoms with E-state index >= 15 is 0 Å². The molecule has 1 amide bonds. The molecule has 1 aromatic carbocycles. The standard InChI is InChI=1S/C17H12F2N2O2S/c18-11-3-5-14(15(19)8-11)16-9-12(21-23-16)10-20-17(22)6-4-13-2-1-7-24-13/h1-9H,10H2,(H,20,22)/b6-4+. The lowest BCUT2D eigenvalue weighted by atomic mass is 10.1. The summed E-state index contributed by atoms with van der Waals surface area (Å²) in [5, 5.41) is 8.34. The zero-order valence-electron chi connectivity index (χ0n) is 12.3. The normalized spacial score (nSPS) is 11.1. The number of rotatable bonds is 5. The van der Waals surface area contributed by atoms with Crippen molar-refractivity contribution in [2.24, 2.45) is 0 Å². The van der Waals surface area contributed by atoms with Crippen molar-refractivity contribution in [1.29, 1.82) is 0 Å². The lowest BCUT2D eigenvalue weighted by Crippen LogP contribution is -2.20. The number of benzene rings is 1. The third-order valence-corrected chi connectivity index (χ3v) is 3.98. The van der Waals surface area contributed by atoms with Gasteiger partial charge in [0, 0.05) is 23.1 Å². The summed E-state index contributed by atoms with van der Waals surface area (Å²) >= 11 is 1.53. The summed E-state index contributed by atoms with van der Waals surface area (Å²) in [6.07, 6.45) is 3.13. The SMILES string of the molecule is O=C(/C=C/c1cccs1)NCc1cc(-c2ccc(F)cc2F)on1. The summed E-state index contributed by atoms with van der Waals surface area (Å²) in [5.41, 5.74) is 0.547. The van der Waals surface area contributed by atoms with Gasteiger partial charge in [-0.2, -0.15) is 0 Å². The Kier molecular flexibility index (Phi) is 4.81. The number of carbonyl (C=O) groups is 1. The number of halogens is 2. The van der Waals surface area contributed by atoms with Crippen molar-refractivity contribution in [3.63, 3.8) is 0 Å². The van der Waals surface area contributed by atoms with E-state index in [0.29, 0.717) is 5.69 Å². The topological polar surface area (TPSA) is 55.1 Å². The minimum atomic E-state index is -0.736. The second kappa shape index (κ2) is 7.18. The van der Waals surface area contributed by atoms with Crippen LogP contribution >= 0.6 is 11.3 Å². The molecule has 0 unspecified atom stereocenters. The first-order chi connectivity index (χ1) is 11.6. The minimum absolute atomic E-state index is 0.110. The average Bonchev–Trinajstić information content (AvgIpc) is 3.22. The fraction of sp³-hybridized carbons (Fsp3) is 0.0588. The first kappa shape index (κ1) is 16.1. The predicted octanol–water partition coefficient (Wildman–Crippen LogP) is 4.01. The molecule has 1 N–H and O–H groups in total. The number of carbonyl (C=O) groups excluding carboxylic acids is 1. The average molecular weight is 346 g/mol. The molecular weight excluding hydrogens is 334 g/mol. The van der Waals surface area contributed by atoms with Crippen LogP contribution < -0.4 is 5.32 Å². The molecule has 122 valence electrons. The van der Waals surface area contributed by atoms with Crippen LogP contribution in [-0.4, -0.2) is 11.1 Å². The lowest BCUT2D eigenvalue weighted by molar-refractivity contribution is -0.116. The van der Waals surface area contributed by atoms with Gasteiger partial charge in [-0.05, 0) is 29.7 Å². The first-order valence-electron chi connectivity index (χ1n) is 7.02. The fourth-order valence-corrected chi connectivity index (χ4v) is 2.61. The molecule has 0 radical (unpaired) electrons. The van der Waals surface area contributed by atoms with Crippen molar-refractivity contribution < 1.29 is 18.1 Å². The quantitative estimate of drug-likeness (QED) is 0.710. The molecular formula is C17H12F2N2O2S. The van der Waals surface area contributed by atoms with Crippen LogP contribution in [0.3, 0.4) is 0 Å². The largest absolute Gasteiger partial charge is 0.356 e. The van der Waals surface area contributed by atoms with Gasteiger partial charge in [-0.3, -0.25) is 4.79 Å². The number of nitrogens with zero attached hydrogens (tertiary/aromatic N) is 1. The Bertz CT molecular complexity index is 873. The highest BCUT2D eigenvalue weighted by molar-refractivity contribution is 7.10. The molecule has 3 aromatic rings. The van der Waals surface area contributed by atoms with E-state index in [1.807, 2.05) is 17.5 Å². The Morgan fingerprint density at radius 1 is 1.29 bits per heavy atom. The minimum Gasteiger partial charge on any atom is -0.356 e. The molecule has 0 saturated carbocycles. The van der Waals surface area contributed by atoms with Gasteiger partial charge < -0.3 is 9.84 Å². The highest BCUT2D eigenvalue weighted by atomic mass is 32.1. The molecule has 7 heteroatoms. The van der Waals surface area contributed by atoms with E-state index < -0.39 is 11.6 Å². The van der Waals surface area contributed by atoms with Gasteiger partial charge >= 0.3 is 0 Å². The number of hydrogen-bond acceptors (Lipinski definition) is 4. The van der Waals surface area contributed by atoms with E-state index in [-0.39, 0.29) is 23.8 Å². The molecule has 3 rings (SSSR count). The Labute approximate surface area is 140 Å². The van der Waals surface area contributed by atoms with Gasteiger partial charge in [-0.15, -0.1) is 11.3 Å². The van der Waals surface area contributed by atoms with Crippen molar-refractivity contribution in [3.05, 3.63) is 70.1 Å². The summed E-state index contributed by atoms with van der Waals surface area (Å²) in [6, 6.07) is 8.48. The van der Waals surface area contributed by atoms with Crippen LogP contribution in [0.1, 0.15) is 10.6 Å². The van der Waals surface area contributed by atoms with E-state index in [4.69, 9.17) is 4.52 Å². The number of nitrogens with one attached hydrogen (secondary N) is 1. The predicted molar refractivity (Wildman–Crippen MR) is 87.1 cm³/mol. The monoisotopic (exact) mass is 346 g/mol. The van der Waals surface area contributed by atoms with Crippen molar-refractivity contribution in [2.75, 3.05) is 0 Å². The summed E-state index contributed by atoms with van der Waals surface area (Å²) in [4.78, 5) is 12.7. The summed E-state index contributed by atoms with van der Waals surface area (Å²) < 4.78 is 31.6. The maximum Gasteiger partial charge on any atom is 0.244 e. The highest BCUT2D eigenvalue weighted by Crippen LogP contribution is 2.24. The summed E-state index contributed by atoms with van der Waals surface area (Å²) in [7, 11) is 0. The Morgan fingerprint density at radius 2 is 2.17 bits per heavy atom. The molecule has 0 bridgehead atoms. The second-order valence-electron chi connectivity index (χ2n) is 4.87. The van der Waals surface area contributed by atoms with Crippen LogP contribution in [0.25, 0.3) is 17.4 Å². The Balaban J connectivity index is 1.61. The summed E-state index contributed by atoms with van der Waals surface area (Å²) in [5.74, 6) is -1.51. The summed E-state index contributed by atoms with van der Waals surface area (Å²) in [6.45, 7) is 0.139. The molecule has 2 heterocycles. The van der Waals surface area contributed by atoms with Gasteiger partial charge in [0.2, 0.25) is 5.91 Å². The molecule has 0 saturated heterocycles. The van der Waals surface area contributed by atoms with Crippen LogP contribution in [0.4, 0.5) is 8.78 Å². The van der Waals surface area contributed by atoms with Gasteiger partial charge in [0.15, 0.2) is 5.76 Å². The second-order valence-corrected chi connectivity index (χ2v) is 5.85. The highest BCUT2D eigenvalue weighted by Gasteiger charge is 2.12. The van der Waals surface area contributed by atoms with E-state index in [1.54, 1.807) is 6.08 Å². The van der Waals surface area contributed by atoms with Gasteiger partial charge in [0.05, 0.1) is 12.1 Å². The molecule has 4 nitrogen and oxygen atoms in total. The molecule has 0 atom stereocenters. The van der Waals surface area contributed by atoms with Crippen molar-refractivity contribution >= 4 is 23.3 Å². The maximum atomic E-state index is 13.7. The first-order valence-corrected chi connectivity index (χ1v) is 7.90. The van der Waals surface area contributed by atoms with Gasteiger partial charge in [0.1, 0.15) is 17.3 Å². The fourth-order valence-electron chi connectivity index (χ4n) is 1.99. The molecule has 0 fully saturated rings. The van der Waals surface area contributed by atoms with E-state index in [0.717, 1.165) is 17.0 Å². The van der Waals surface area contributed by atoms with Crippen LogP contribution in [-0.2, 0) is 11.3 Å². The number of amides is 1. The van der Waals surface area contributed by atoms with Crippen molar-refractivity contribution in [3.8, 4) is 11.3 Å². The van der Waals surface area contributed by atoms with Crippen LogP contribution in [0.2, 0.25) is 0 Å². The van der Waals surface area contributed by atoms with Gasteiger partial charge in [0.25, 0.3) is 0 Å². The molecule has 0 aliphatic carbocycles. The molecule has 0 spiro atoms. The Morgan fingerprint density at radius 3 is 2.92 bits per heavy atom. The molecule has 24 heavy (non-hydrogen) atoms. The van der Waals surface area contributed by atoms with Crippen LogP contribution in [0.5, 0.6) is 0 Å². The number of hydrogen-bond donors (Lipinski definition) is 1. The third-order valence-electron chi connectivity index (χ3n) is 3.14. The molecule has 0 aliphatic rings. The van der Waals surface area contributed by atoms with Crippen LogP contribution in [0.15, 0.2) is 52.4 Å². The third kappa shape index (κ3) is 3.94. The van der Waals surface area contributed by atoms with Crippen LogP contribution in [0, 0.1) is 11.6 Å². The van der Waals surface area contributed by atoms with E-state index in [9.17, 15) is 13.6 Å². The smallest absolute Gasteiger partial charge is 0.244 e. The van der Waals surface area contributed by atoms with Gasteiger partial charge in [-0.1, -0.05) is 11.2 Å². The van der Waals surface area contributed by atoms with Gasteiger partial charge in [-0.25, -0.2) is 8.78 Å². The zero-order chi connectivity index (χ0) is 16.9. The maximum absolute atomic E-state index is 13.7. The lowest BCUT2D eigenvalue weighted by Gasteiger charge is -1.98. The van der Waals surface area contributed by atoms with Crippen molar-refractivity contribution in [2.45, 2.75) is 6.54 Å². The number of aromatic nitrogens is 1. The molecule has 0 aliphatic heterocycles. The van der Waals surface area contributed by atoms with E-state index in [2.05, 4.69) is 10.5 Å². The zero-order valence-corrected chi connectivity index (χ0v) is 13.1. The van der Waals surface area contributed by atoms with Crippen molar-refractivity contribution in [1.82, 2.24) is 10.5 Å². The Hall–Kier alpha value is -2.80. The van der Waals surface area contributed by atoms with E-state index in [1.165, 1.54) is 29.5 Å².